The summed E-state index contributed by atoms with van der Waals surface area (Å²) in [7, 11) is 3.09. The van der Waals surface area contributed by atoms with Crippen molar-refractivity contribution in [3.05, 3.63) is 17.0 Å². The van der Waals surface area contributed by atoms with Crippen LogP contribution in [-0.2, 0) is 32.6 Å². The van der Waals surface area contributed by atoms with E-state index in [0.717, 1.165) is 17.0 Å². The molecule has 1 aliphatic heterocycles. The van der Waals surface area contributed by atoms with Gasteiger partial charge in [-0.2, -0.15) is 5.10 Å². The molecule has 1 saturated heterocycles. The van der Waals surface area contributed by atoms with E-state index in [1.54, 1.807) is 4.68 Å². The number of esters is 1. The molecule has 1 unspecified atom stereocenters. The monoisotopic (exact) mass is 322 g/mol. The van der Waals surface area contributed by atoms with Gasteiger partial charge in [0, 0.05) is 31.4 Å². The number of carbonyl (C=O) groups excluding carboxylic acids is 3. The van der Waals surface area contributed by atoms with Crippen LogP contribution in [0.2, 0.25) is 0 Å². The van der Waals surface area contributed by atoms with Crippen LogP contribution in [-0.4, -0.2) is 58.7 Å². The fraction of sp³-hybridized carbons (Fsp3) is 0.600. The molecule has 2 amide bonds. The summed E-state index contributed by atoms with van der Waals surface area (Å²) < 4.78 is 6.35. The van der Waals surface area contributed by atoms with E-state index in [2.05, 4.69) is 15.2 Å². The van der Waals surface area contributed by atoms with E-state index in [1.807, 2.05) is 20.9 Å². The Morgan fingerprint density at radius 1 is 1.39 bits per heavy atom. The van der Waals surface area contributed by atoms with Crippen LogP contribution in [0, 0.1) is 13.8 Å². The zero-order valence-electron chi connectivity index (χ0n) is 13.9. The summed E-state index contributed by atoms with van der Waals surface area (Å²) >= 11 is 0. The molecule has 23 heavy (non-hydrogen) atoms. The van der Waals surface area contributed by atoms with Crippen LogP contribution >= 0.6 is 0 Å². The van der Waals surface area contributed by atoms with Gasteiger partial charge in [-0.3, -0.25) is 19.1 Å². The summed E-state index contributed by atoms with van der Waals surface area (Å²) in [5, 5.41) is 6.98. The fourth-order valence-electron chi connectivity index (χ4n) is 2.78. The molecule has 1 aromatic rings. The Kier molecular flexibility index (Phi) is 5.02. The summed E-state index contributed by atoms with van der Waals surface area (Å²) in [6.45, 7) is 4.51. The Balaban J connectivity index is 2.18. The van der Waals surface area contributed by atoms with Gasteiger partial charge in [-0.25, -0.2) is 0 Å². The zero-order chi connectivity index (χ0) is 17.1. The van der Waals surface area contributed by atoms with Crippen molar-refractivity contribution in [3.63, 3.8) is 0 Å². The normalized spacial score (nSPS) is 17.8. The number of hydrogen-bond acceptors (Lipinski definition) is 5. The lowest BCUT2D eigenvalue weighted by molar-refractivity contribution is -0.150. The van der Waals surface area contributed by atoms with Gasteiger partial charge < -0.3 is 15.0 Å². The second-order valence-electron chi connectivity index (χ2n) is 5.62. The predicted molar refractivity (Wildman–Crippen MR) is 81.5 cm³/mol. The molecule has 0 bridgehead atoms. The maximum atomic E-state index is 12.7. The number of hydrogen-bond donors (Lipinski definition) is 1. The summed E-state index contributed by atoms with van der Waals surface area (Å²) in [5.74, 6) is -1.03. The Morgan fingerprint density at radius 3 is 2.65 bits per heavy atom. The highest BCUT2D eigenvalue weighted by molar-refractivity contribution is 5.92. The van der Waals surface area contributed by atoms with Gasteiger partial charge in [-0.05, 0) is 13.8 Å². The van der Waals surface area contributed by atoms with Crippen molar-refractivity contribution in [2.45, 2.75) is 32.7 Å². The van der Waals surface area contributed by atoms with E-state index < -0.39 is 12.0 Å². The maximum Gasteiger partial charge on any atom is 0.308 e. The van der Waals surface area contributed by atoms with E-state index in [4.69, 9.17) is 0 Å². The number of aryl methyl sites for hydroxylation is 2. The van der Waals surface area contributed by atoms with Crippen molar-refractivity contribution < 1.29 is 19.1 Å². The Labute approximate surface area is 134 Å². The largest absolute Gasteiger partial charge is 0.469 e. The van der Waals surface area contributed by atoms with Crippen LogP contribution in [0.5, 0.6) is 0 Å². The molecule has 1 aromatic heterocycles. The van der Waals surface area contributed by atoms with E-state index in [9.17, 15) is 14.4 Å². The first-order valence-electron chi connectivity index (χ1n) is 7.48. The smallest absolute Gasteiger partial charge is 0.308 e. The number of nitrogens with zero attached hydrogens (tertiary/aromatic N) is 3. The Hall–Kier alpha value is -2.38. The van der Waals surface area contributed by atoms with Gasteiger partial charge >= 0.3 is 5.97 Å². The predicted octanol–water partition coefficient (Wildman–Crippen LogP) is -0.530. The first kappa shape index (κ1) is 17.0. The van der Waals surface area contributed by atoms with Gasteiger partial charge in [-0.15, -0.1) is 0 Å². The second-order valence-corrected chi connectivity index (χ2v) is 5.62. The number of carbonyl (C=O) groups is 3. The quantitative estimate of drug-likeness (QED) is 0.752. The number of piperazine rings is 1. The molecule has 2 rings (SSSR count). The number of nitrogens with one attached hydrogen (secondary N) is 1. The van der Waals surface area contributed by atoms with Crippen LogP contribution in [0.3, 0.4) is 0 Å². The number of amides is 2. The van der Waals surface area contributed by atoms with Crippen molar-refractivity contribution in [1.29, 1.82) is 0 Å². The molecule has 126 valence electrons. The number of methoxy groups -OCH3 is 1. The van der Waals surface area contributed by atoms with Crippen molar-refractivity contribution in [3.8, 4) is 0 Å². The first-order valence-corrected chi connectivity index (χ1v) is 7.48. The highest BCUT2D eigenvalue weighted by Gasteiger charge is 2.35. The zero-order valence-corrected chi connectivity index (χ0v) is 13.9. The summed E-state index contributed by atoms with van der Waals surface area (Å²) in [6, 6.07) is -0.819. The highest BCUT2D eigenvalue weighted by Crippen LogP contribution is 2.17. The van der Waals surface area contributed by atoms with Crippen molar-refractivity contribution in [2.24, 2.45) is 7.05 Å². The number of rotatable bonds is 4. The second kappa shape index (κ2) is 6.80. The molecule has 1 fully saturated rings. The molecular weight excluding hydrogens is 300 g/mol. The molecule has 0 aromatic carbocycles. The first-order chi connectivity index (χ1) is 10.8. The van der Waals surface area contributed by atoms with E-state index >= 15 is 0 Å². The number of aromatic nitrogens is 2. The van der Waals surface area contributed by atoms with Crippen molar-refractivity contribution in [1.82, 2.24) is 20.0 Å². The molecule has 1 atom stereocenters. The SMILES string of the molecule is COC(=O)CC1C(=O)NCCN1C(=O)Cc1c(C)nn(C)c1C. The highest BCUT2D eigenvalue weighted by atomic mass is 16.5. The van der Waals surface area contributed by atoms with Gasteiger partial charge in [0.15, 0.2) is 0 Å². The lowest BCUT2D eigenvalue weighted by atomic mass is 10.1. The van der Waals surface area contributed by atoms with Gasteiger partial charge in [0.1, 0.15) is 6.04 Å². The average Bonchev–Trinajstić information content (AvgIpc) is 2.75. The third-order valence-electron chi connectivity index (χ3n) is 4.23. The minimum absolute atomic E-state index is 0.140. The molecule has 1 N–H and O–H groups in total. The van der Waals surface area contributed by atoms with Crippen LogP contribution in [0.1, 0.15) is 23.4 Å². The fourth-order valence-corrected chi connectivity index (χ4v) is 2.78. The third-order valence-corrected chi connectivity index (χ3v) is 4.23. The van der Waals surface area contributed by atoms with E-state index in [-0.39, 0.29) is 24.7 Å². The van der Waals surface area contributed by atoms with Crippen LogP contribution < -0.4 is 5.32 Å². The Morgan fingerprint density at radius 2 is 2.09 bits per heavy atom. The molecule has 0 radical (unpaired) electrons. The van der Waals surface area contributed by atoms with Gasteiger partial charge in [-0.1, -0.05) is 0 Å². The molecular formula is C15H22N4O4. The number of ether oxygens (including phenoxy) is 1. The molecule has 0 saturated carbocycles. The Bertz CT molecular complexity index is 638. The molecule has 8 heteroatoms. The van der Waals surface area contributed by atoms with Crippen LogP contribution in [0.25, 0.3) is 0 Å². The van der Waals surface area contributed by atoms with Crippen molar-refractivity contribution in [2.75, 3.05) is 20.2 Å². The van der Waals surface area contributed by atoms with Crippen LogP contribution in [0.4, 0.5) is 0 Å². The molecule has 8 nitrogen and oxygen atoms in total. The summed E-state index contributed by atoms with van der Waals surface area (Å²) in [4.78, 5) is 37.7. The van der Waals surface area contributed by atoms with Gasteiger partial charge in [0.2, 0.25) is 11.8 Å². The van der Waals surface area contributed by atoms with Crippen molar-refractivity contribution >= 4 is 17.8 Å². The van der Waals surface area contributed by atoms with E-state index in [0.29, 0.717) is 13.1 Å². The molecule has 0 aliphatic carbocycles. The topological polar surface area (TPSA) is 93.5 Å². The van der Waals surface area contributed by atoms with Gasteiger partial charge in [0.05, 0.1) is 25.6 Å². The van der Waals surface area contributed by atoms with Crippen LogP contribution in [0.15, 0.2) is 0 Å². The van der Waals surface area contributed by atoms with E-state index in [1.165, 1.54) is 12.0 Å². The standard InChI is InChI=1S/C15H22N4O4/c1-9-11(10(2)18(3)17-9)7-13(20)19-6-5-16-15(22)12(19)8-14(21)23-4/h12H,5-8H2,1-4H3,(H,16,22). The molecule has 1 aliphatic rings. The summed E-state index contributed by atoms with van der Waals surface area (Å²) in [6.07, 6.45) is 0.0233. The molecule has 2 heterocycles. The minimum Gasteiger partial charge on any atom is -0.469 e. The average molecular weight is 322 g/mol. The third kappa shape index (κ3) is 3.52. The molecule has 0 spiro atoms. The lowest BCUT2D eigenvalue weighted by Crippen LogP contribution is -2.58. The van der Waals surface area contributed by atoms with Gasteiger partial charge in [0.25, 0.3) is 0 Å². The maximum absolute atomic E-state index is 12.7. The minimum atomic E-state index is -0.819. The summed E-state index contributed by atoms with van der Waals surface area (Å²) in [5.41, 5.74) is 2.58. The lowest BCUT2D eigenvalue weighted by Gasteiger charge is -2.34.